The quantitative estimate of drug-likeness (QED) is 0.454. The molecule has 1 aliphatic heterocycles. The number of carbonyl (C=O) groups excluding carboxylic acids is 2. The van der Waals surface area contributed by atoms with Gasteiger partial charge < -0.3 is 14.2 Å². The molecule has 180 valence electrons. The fraction of sp³-hybridized carbons (Fsp3) is 0.360. The smallest absolute Gasteiger partial charge is 0.310 e. The van der Waals surface area contributed by atoms with Gasteiger partial charge in [-0.15, -0.1) is 0 Å². The van der Waals surface area contributed by atoms with E-state index in [1.807, 2.05) is 6.07 Å². The van der Waals surface area contributed by atoms with Crippen molar-refractivity contribution in [3.8, 4) is 0 Å². The highest BCUT2D eigenvalue weighted by Gasteiger charge is 2.30. The van der Waals surface area contributed by atoms with Gasteiger partial charge in [0.25, 0.3) is 0 Å². The van der Waals surface area contributed by atoms with Crippen LogP contribution in [0.25, 0.3) is 10.9 Å². The fourth-order valence-corrected chi connectivity index (χ4v) is 6.29. The van der Waals surface area contributed by atoms with E-state index in [1.165, 1.54) is 6.20 Å². The lowest BCUT2D eigenvalue weighted by Gasteiger charge is -2.31. The van der Waals surface area contributed by atoms with Crippen molar-refractivity contribution in [2.24, 2.45) is 5.92 Å². The summed E-state index contributed by atoms with van der Waals surface area (Å²) in [5.41, 5.74) is 1.18. The summed E-state index contributed by atoms with van der Waals surface area (Å²) in [6.07, 6.45) is 2.94. The number of likely N-dealkylation sites (tertiary alicyclic amines) is 1. The van der Waals surface area contributed by atoms with Crippen LogP contribution in [-0.4, -0.2) is 49.5 Å². The molecule has 1 atom stereocenters. The number of amides is 1. The van der Waals surface area contributed by atoms with Crippen molar-refractivity contribution >= 4 is 44.2 Å². The Morgan fingerprint density at radius 2 is 1.85 bits per heavy atom. The average Bonchev–Trinajstić information content (AvgIpc) is 3.20. The second-order valence-electron chi connectivity index (χ2n) is 8.42. The first-order valence-corrected chi connectivity index (χ1v) is 13.3. The monoisotopic (exact) mass is 502 g/mol. The summed E-state index contributed by atoms with van der Waals surface area (Å²) >= 11 is 6.20. The Kier molecular flexibility index (Phi) is 7.28. The van der Waals surface area contributed by atoms with Gasteiger partial charge in [-0.25, -0.2) is 8.42 Å². The number of sulfone groups is 1. The van der Waals surface area contributed by atoms with Crippen LogP contribution in [0.3, 0.4) is 0 Å². The van der Waals surface area contributed by atoms with Crippen LogP contribution in [-0.2, 0) is 36.5 Å². The van der Waals surface area contributed by atoms with E-state index in [2.05, 4.69) is 0 Å². The van der Waals surface area contributed by atoms with Crippen molar-refractivity contribution in [2.45, 2.75) is 37.0 Å². The molecular weight excluding hydrogens is 476 g/mol. The second-order valence-corrected chi connectivity index (χ2v) is 10.8. The SMILES string of the molecule is CCOC(=O)C1CCCN(C(=O)Cn2cc(S(=O)(=O)Cc3ccccc3Cl)c3ccccc32)C1. The Morgan fingerprint density at radius 1 is 1.12 bits per heavy atom. The second kappa shape index (κ2) is 10.2. The number of hydrogen-bond acceptors (Lipinski definition) is 5. The number of rotatable bonds is 7. The van der Waals surface area contributed by atoms with Crippen molar-refractivity contribution in [3.63, 3.8) is 0 Å². The molecule has 1 amide bonds. The van der Waals surface area contributed by atoms with Gasteiger partial charge in [0.05, 0.1) is 23.2 Å². The molecule has 0 spiro atoms. The van der Waals surface area contributed by atoms with E-state index < -0.39 is 9.84 Å². The number of aromatic nitrogens is 1. The maximum atomic E-state index is 13.3. The van der Waals surface area contributed by atoms with Crippen LogP contribution < -0.4 is 0 Å². The Hall–Kier alpha value is -2.84. The summed E-state index contributed by atoms with van der Waals surface area (Å²) in [6.45, 7) is 2.93. The third kappa shape index (κ3) is 5.13. The number of fused-ring (bicyclic) bond motifs is 1. The molecule has 3 aromatic rings. The number of ether oxygens (including phenoxy) is 1. The van der Waals surface area contributed by atoms with Gasteiger partial charge in [-0.2, -0.15) is 0 Å². The molecule has 1 fully saturated rings. The summed E-state index contributed by atoms with van der Waals surface area (Å²) in [6, 6.07) is 14.0. The average molecular weight is 503 g/mol. The Balaban J connectivity index is 1.59. The van der Waals surface area contributed by atoms with Crippen molar-refractivity contribution in [1.82, 2.24) is 9.47 Å². The van der Waals surface area contributed by atoms with Crippen LogP contribution >= 0.6 is 11.6 Å². The van der Waals surface area contributed by atoms with Crippen molar-refractivity contribution in [2.75, 3.05) is 19.7 Å². The highest BCUT2D eigenvalue weighted by Crippen LogP contribution is 2.30. The molecule has 0 radical (unpaired) electrons. The number of hydrogen-bond donors (Lipinski definition) is 0. The highest BCUT2D eigenvalue weighted by atomic mass is 35.5. The molecular formula is C25H27ClN2O5S. The predicted molar refractivity (Wildman–Crippen MR) is 130 cm³/mol. The number of halogens is 1. The zero-order chi connectivity index (χ0) is 24.3. The maximum absolute atomic E-state index is 13.3. The van der Waals surface area contributed by atoms with Crippen LogP contribution in [0.4, 0.5) is 0 Å². The lowest BCUT2D eigenvalue weighted by Crippen LogP contribution is -2.44. The predicted octanol–water partition coefficient (Wildman–Crippen LogP) is 4.07. The molecule has 4 rings (SSSR count). The lowest BCUT2D eigenvalue weighted by atomic mass is 9.98. The maximum Gasteiger partial charge on any atom is 0.310 e. The standard InChI is InChI=1S/C25H27ClN2O5S/c1-2-33-25(30)18-9-7-13-27(14-18)24(29)16-28-15-23(20-10-4-6-12-22(20)28)34(31,32)17-19-8-3-5-11-21(19)26/h3-6,8,10-12,15,18H,2,7,9,13-14,16-17H2,1H3. The van der Waals surface area contributed by atoms with E-state index in [1.54, 1.807) is 58.9 Å². The van der Waals surface area contributed by atoms with Crippen molar-refractivity contribution < 1.29 is 22.7 Å². The fourth-order valence-electron chi connectivity index (χ4n) is 4.39. The summed E-state index contributed by atoms with van der Waals surface area (Å²) in [4.78, 5) is 27.1. The lowest BCUT2D eigenvalue weighted by molar-refractivity contribution is -0.151. The van der Waals surface area contributed by atoms with Gasteiger partial charge >= 0.3 is 5.97 Å². The highest BCUT2D eigenvalue weighted by molar-refractivity contribution is 7.90. The molecule has 0 bridgehead atoms. The minimum Gasteiger partial charge on any atom is -0.466 e. The molecule has 1 unspecified atom stereocenters. The summed E-state index contributed by atoms with van der Waals surface area (Å²) in [5, 5.41) is 0.955. The zero-order valence-electron chi connectivity index (χ0n) is 18.9. The molecule has 0 aliphatic carbocycles. The van der Waals surface area contributed by atoms with Gasteiger partial charge in [0.1, 0.15) is 6.54 Å². The van der Waals surface area contributed by atoms with E-state index in [9.17, 15) is 18.0 Å². The summed E-state index contributed by atoms with van der Waals surface area (Å²) in [7, 11) is -3.72. The molecule has 0 saturated carbocycles. The number of carbonyl (C=O) groups is 2. The first-order chi connectivity index (χ1) is 16.3. The molecule has 34 heavy (non-hydrogen) atoms. The molecule has 7 nitrogen and oxygen atoms in total. The molecule has 9 heteroatoms. The van der Waals surface area contributed by atoms with Gasteiger partial charge in [0, 0.05) is 35.2 Å². The number of para-hydroxylation sites is 1. The van der Waals surface area contributed by atoms with Crippen LogP contribution in [0.2, 0.25) is 5.02 Å². The summed E-state index contributed by atoms with van der Waals surface area (Å²) in [5.74, 6) is -1.00. The van der Waals surface area contributed by atoms with Gasteiger partial charge in [0.15, 0.2) is 9.84 Å². The third-order valence-corrected chi connectivity index (χ3v) is 8.15. The Labute approximate surface area is 204 Å². The van der Waals surface area contributed by atoms with Crippen LogP contribution in [0.15, 0.2) is 59.6 Å². The minimum atomic E-state index is -3.72. The van der Waals surface area contributed by atoms with Gasteiger partial charge in [-0.3, -0.25) is 9.59 Å². The van der Waals surface area contributed by atoms with E-state index in [4.69, 9.17) is 16.3 Å². The van der Waals surface area contributed by atoms with Gasteiger partial charge in [-0.05, 0) is 37.5 Å². The van der Waals surface area contributed by atoms with Crippen molar-refractivity contribution in [1.29, 1.82) is 0 Å². The van der Waals surface area contributed by atoms with E-state index in [0.29, 0.717) is 47.6 Å². The normalized spacial score (nSPS) is 16.5. The van der Waals surface area contributed by atoms with Crippen molar-refractivity contribution in [3.05, 3.63) is 65.3 Å². The molecule has 1 aromatic heterocycles. The van der Waals surface area contributed by atoms with Crippen LogP contribution in [0.5, 0.6) is 0 Å². The topological polar surface area (TPSA) is 85.7 Å². The van der Waals surface area contributed by atoms with E-state index in [-0.39, 0.29) is 35.0 Å². The van der Waals surface area contributed by atoms with Crippen LogP contribution in [0.1, 0.15) is 25.3 Å². The Bertz CT molecular complexity index is 1320. The van der Waals surface area contributed by atoms with Gasteiger partial charge in [0.2, 0.25) is 5.91 Å². The number of piperidine rings is 1. The number of nitrogens with zero attached hydrogens (tertiary/aromatic N) is 2. The molecule has 1 aliphatic rings. The molecule has 1 saturated heterocycles. The number of esters is 1. The Morgan fingerprint density at radius 3 is 2.62 bits per heavy atom. The largest absolute Gasteiger partial charge is 0.466 e. The van der Waals surface area contributed by atoms with E-state index in [0.717, 1.165) is 6.42 Å². The minimum absolute atomic E-state index is 0.0162. The van der Waals surface area contributed by atoms with Crippen LogP contribution in [0, 0.1) is 5.92 Å². The number of benzene rings is 2. The van der Waals surface area contributed by atoms with Gasteiger partial charge in [-0.1, -0.05) is 48.0 Å². The molecule has 2 aromatic carbocycles. The van der Waals surface area contributed by atoms with E-state index >= 15 is 0 Å². The first kappa shape index (κ1) is 24.3. The first-order valence-electron chi connectivity index (χ1n) is 11.3. The third-order valence-electron chi connectivity index (χ3n) is 6.09. The summed E-state index contributed by atoms with van der Waals surface area (Å²) < 4.78 is 33.5. The molecule has 2 heterocycles. The molecule has 0 N–H and O–H groups in total. The zero-order valence-corrected chi connectivity index (χ0v) is 20.5.